The van der Waals surface area contributed by atoms with Gasteiger partial charge in [0, 0.05) is 18.6 Å². The van der Waals surface area contributed by atoms with Gasteiger partial charge in [-0.05, 0) is 12.0 Å². The van der Waals surface area contributed by atoms with Crippen LogP contribution >= 0.6 is 0 Å². The summed E-state index contributed by atoms with van der Waals surface area (Å²) in [6.07, 6.45) is 1.14. The van der Waals surface area contributed by atoms with Crippen molar-refractivity contribution >= 4 is 5.91 Å². The van der Waals surface area contributed by atoms with Crippen LogP contribution in [0.15, 0.2) is 30.3 Å². The number of hydrogen-bond donors (Lipinski definition) is 1. The number of hydrogen-bond acceptors (Lipinski definition) is 3. The summed E-state index contributed by atoms with van der Waals surface area (Å²) < 4.78 is 5.51. The number of carbonyl (C=O) groups excluding carboxylic acids is 1. The van der Waals surface area contributed by atoms with Crippen molar-refractivity contribution < 1.29 is 9.53 Å². The molecule has 3 unspecified atom stereocenters. The highest BCUT2D eigenvalue weighted by Crippen LogP contribution is 2.48. The molecule has 3 rings (SSSR count). The molecule has 1 aromatic rings. The molecule has 1 aliphatic carbocycles. The predicted molar refractivity (Wildman–Crippen MR) is 77.0 cm³/mol. The Labute approximate surface area is 120 Å². The monoisotopic (exact) mass is 274 g/mol. The second kappa shape index (κ2) is 4.86. The van der Waals surface area contributed by atoms with Crippen LogP contribution in [0.25, 0.3) is 0 Å². The lowest BCUT2D eigenvalue weighted by molar-refractivity contribution is -0.161. The lowest BCUT2D eigenvalue weighted by Gasteiger charge is -2.55. The van der Waals surface area contributed by atoms with Crippen LogP contribution in [-0.2, 0) is 9.53 Å². The Morgan fingerprint density at radius 2 is 2.00 bits per heavy atom. The molecule has 1 aliphatic heterocycles. The van der Waals surface area contributed by atoms with Crippen LogP contribution in [0.2, 0.25) is 0 Å². The van der Waals surface area contributed by atoms with E-state index in [2.05, 4.69) is 31.3 Å². The number of nitrogens with one attached hydrogen (secondary N) is 1. The van der Waals surface area contributed by atoms with Gasteiger partial charge >= 0.3 is 0 Å². The first-order chi connectivity index (χ1) is 9.55. The molecule has 1 amide bonds. The molecule has 1 saturated heterocycles. The van der Waals surface area contributed by atoms with Crippen molar-refractivity contribution in [2.75, 3.05) is 13.7 Å². The maximum Gasteiger partial charge on any atom is 0.238 e. The smallest absolute Gasteiger partial charge is 0.238 e. The number of carbonyl (C=O) groups is 1. The minimum absolute atomic E-state index is 0.00343. The Hall–Kier alpha value is -1.39. The fourth-order valence-electron chi connectivity index (χ4n) is 3.52. The van der Waals surface area contributed by atoms with Gasteiger partial charge in [0.15, 0.2) is 0 Å². The summed E-state index contributed by atoms with van der Waals surface area (Å²) >= 11 is 0. The van der Waals surface area contributed by atoms with Crippen LogP contribution in [0.3, 0.4) is 0 Å². The molecule has 2 fully saturated rings. The first-order valence-electron chi connectivity index (χ1n) is 7.18. The molecular weight excluding hydrogens is 252 g/mol. The first kappa shape index (κ1) is 13.6. The van der Waals surface area contributed by atoms with Crippen molar-refractivity contribution in [1.82, 2.24) is 10.2 Å². The maximum atomic E-state index is 12.3. The van der Waals surface area contributed by atoms with Gasteiger partial charge in [0.25, 0.3) is 0 Å². The molecular formula is C16H22N2O2. The number of benzene rings is 1. The second-order valence-corrected chi connectivity index (χ2v) is 6.29. The number of amides is 1. The normalized spacial score (nSPS) is 32.2. The number of nitrogens with zero attached hydrogens (tertiary/aromatic N) is 1. The van der Waals surface area contributed by atoms with Crippen LogP contribution in [0.1, 0.15) is 32.0 Å². The average Bonchev–Trinajstić information content (AvgIpc) is 2.81. The molecule has 1 saturated carbocycles. The molecule has 4 nitrogen and oxygen atoms in total. The zero-order valence-corrected chi connectivity index (χ0v) is 12.3. The van der Waals surface area contributed by atoms with Crippen LogP contribution < -0.4 is 5.32 Å². The summed E-state index contributed by atoms with van der Waals surface area (Å²) in [6, 6.07) is 10.4. The van der Waals surface area contributed by atoms with Crippen LogP contribution in [0.5, 0.6) is 0 Å². The fourth-order valence-corrected chi connectivity index (χ4v) is 3.52. The molecule has 2 aliphatic rings. The Bertz CT molecular complexity index is 500. The molecule has 3 atom stereocenters. The minimum atomic E-state index is -0.00854. The van der Waals surface area contributed by atoms with Gasteiger partial charge in [0.05, 0.1) is 12.6 Å². The lowest BCUT2D eigenvalue weighted by Crippen LogP contribution is -2.62. The summed E-state index contributed by atoms with van der Waals surface area (Å²) in [7, 11) is 1.75. The molecule has 1 N–H and O–H groups in total. The van der Waals surface area contributed by atoms with E-state index in [0.29, 0.717) is 6.54 Å². The number of rotatable bonds is 3. The highest BCUT2D eigenvalue weighted by atomic mass is 16.5. The summed E-state index contributed by atoms with van der Waals surface area (Å²) in [5.41, 5.74) is 1.15. The molecule has 0 bridgehead atoms. The zero-order valence-electron chi connectivity index (χ0n) is 12.3. The van der Waals surface area contributed by atoms with Gasteiger partial charge in [-0.15, -0.1) is 0 Å². The Morgan fingerprint density at radius 3 is 2.60 bits per heavy atom. The summed E-state index contributed by atoms with van der Waals surface area (Å²) in [5, 5.41) is 3.33. The number of methoxy groups -OCH3 is 1. The molecule has 0 aromatic heterocycles. The largest absolute Gasteiger partial charge is 0.381 e. The third kappa shape index (κ3) is 1.95. The van der Waals surface area contributed by atoms with Gasteiger partial charge in [-0.2, -0.15) is 0 Å². The molecule has 0 spiro atoms. The van der Waals surface area contributed by atoms with E-state index < -0.39 is 0 Å². The van der Waals surface area contributed by atoms with E-state index in [9.17, 15) is 4.79 Å². The highest BCUT2D eigenvalue weighted by Gasteiger charge is 2.55. The molecule has 1 heterocycles. The van der Waals surface area contributed by atoms with Crippen molar-refractivity contribution in [3.05, 3.63) is 35.9 Å². The average molecular weight is 274 g/mol. The molecule has 108 valence electrons. The van der Waals surface area contributed by atoms with E-state index >= 15 is 0 Å². The van der Waals surface area contributed by atoms with Crippen molar-refractivity contribution in [2.24, 2.45) is 5.41 Å². The SMILES string of the molecule is COC1CC(N2C(=O)CNC2c2ccccc2)C1(C)C. The fraction of sp³-hybridized carbons (Fsp3) is 0.562. The van der Waals surface area contributed by atoms with Crippen molar-refractivity contribution in [1.29, 1.82) is 0 Å². The van der Waals surface area contributed by atoms with Crippen molar-refractivity contribution in [3.8, 4) is 0 Å². The quantitative estimate of drug-likeness (QED) is 0.915. The van der Waals surface area contributed by atoms with Gasteiger partial charge in [-0.3, -0.25) is 10.1 Å². The standard InChI is InChI=1S/C16H22N2O2/c1-16(2)12(9-13(16)20-3)18-14(19)10-17-15(18)11-7-5-4-6-8-11/h4-8,12-13,15,17H,9-10H2,1-3H3. The van der Waals surface area contributed by atoms with Crippen LogP contribution in [0.4, 0.5) is 0 Å². The van der Waals surface area contributed by atoms with E-state index in [0.717, 1.165) is 12.0 Å². The second-order valence-electron chi connectivity index (χ2n) is 6.29. The summed E-state index contributed by atoms with van der Waals surface area (Å²) in [6.45, 7) is 4.79. The maximum absolute atomic E-state index is 12.3. The predicted octanol–water partition coefficient (Wildman–Crippen LogP) is 1.93. The first-order valence-corrected chi connectivity index (χ1v) is 7.18. The van der Waals surface area contributed by atoms with E-state index in [1.54, 1.807) is 7.11 Å². The van der Waals surface area contributed by atoms with E-state index in [1.165, 1.54) is 0 Å². The van der Waals surface area contributed by atoms with Gasteiger partial charge < -0.3 is 9.64 Å². The van der Waals surface area contributed by atoms with E-state index in [1.807, 2.05) is 23.1 Å². The third-order valence-corrected chi connectivity index (χ3v) is 4.87. The van der Waals surface area contributed by atoms with Gasteiger partial charge in [-0.25, -0.2) is 0 Å². The molecule has 4 heteroatoms. The van der Waals surface area contributed by atoms with Crippen molar-refractivity contribution in [2.45, 2.75) is 38.6 Å². The van der Waals surface area contributed by atoms with E-state index in [4.69, 9.17) is 4.74 Å². The van der Waals surface area contributed by atoms with Crippen LogP contribution in [0, 0.1) is 5.41 Å². The lowest BCUT2D eigenvalue weighted by atomic mass is 9.63. The highest BCUT2D eigenvalue weighted by molar-refractivity contribution is 5.81. The Balaban J connectivity index is 1.86. The van der Waals surface area contributed by atoms with Gasteiger partial charge in [-0.1, -0.05) is 44.2 Å². The summed E-state index contributed by atoms with van der Waals surface area (Å²) in [5.74, 6) is 0.187. The molecule has 0 radical (unpaired) electrons. The minimum Gasteiger partial charge on any atom is -0.381 e. The Kier molecular flexibility index (Phi) is 3.30. The Morgan fingerprint density at radius 1 is 1.30 bits per heavy atom. The molecule has 20 heavy (non-hydrogen) atoms. The molecule has 1 aromatic carbocycles. The third-order valence-electron chi connectivity index (χ3n) is 4.87. The van der Waals surface area contributed by atoms with Gasteiger partial charge in [0.1, 0.15) is 6.17 Å². The summed E-state index contributed by atoms with van der Waals surface area (Å²) in [4.78, 5) is 14.3. The topological polar surface area (TPSA) is 41.6 Å². The number of ether oxygens (including phenoxy) is 1. The zero-order chi connectivity index (χ0) is 14.3. The van der Waals surface area contributed by atoms with Crippen LogP contribution in [-0.4, -0.2) is 36.6 Å². The van der Waals surface area contributed by atoms with E-state index in [-0.39, 0.29) is 29.6 Å². The van der Waals surface area contributed by atoms with Crippen molar-refractivity contribution in [3.63, 3.8) is 0 Å². The van der Waals surface area contributed by atoms with Gasteiger partial charge in [0.2, 0.25) is 5.91 Å².